The SMILES string of the molecule is Cc1ccc(SCC(=O)NC(=O)C2CCCCC2)cc1C. The molecule has 2 amide bonds. The molecule has 1 N–H and O–H groups in total. The summed E-state index contributed by atoms with van der Waals surface area (Å²) in [4.78, 5) is 24.9. The zero-order valence-corrected chi connectivity index (χ0v) is 13.6. The summed E-state index contributed by atoms with van der Waals surface area (Å²) in [5.74, 6) is 0.0598. The first-order valence-electron chi connectivity index (χ1n) is 7.60. The number of benzene rings is 1. The molecular weight excluding hydrogens is 282 g/mol. The molecule has 0 bridgehead atoms. The second-order valence-electron chi connectivity index (χ2n) is 5.78. The van der Waals surface area contributed by atoms with E-state index in [0.717, 1.165) is 30.6 Å². The number of nitrogens with one attached hydrogen (secondary N) is 1. The molecule has 1 aliphatic rings. The molecular formula is C17H23NO2S. The van der Waals surface area contributed by atoms with Gasteiger partial charge in [-0.1, -0.05) is 25.3 Å². The first-order chi connectivity index (χ1) is 10.1. The van der Waals surface area contributed by atoms with Crippen LogP contribution in [-0.2, 0) is 9.59 Å². The smallest absolute Gasteiger partial charge is 0.236 e. The highest BCUT2D eigenvalue weighted by molar-refractivity contribution is 8.00. The summed E-state index contributed by atoms with van der Waals surface area (Å²) in [5, 5.41) is 2.55. The van der Waals surface area contributed by atoms with E-state index in [1.165, 1.54) is 29.3 Å². The average Bonchev–Trinajstić information content (AvgIpc) is 2.49. The molecule has 1 aromatic rings. The molecule has 1 saturated carbocycles. The van der Waals surface area contributed by atoms with Crippen LogP contribution in [0.5, 0.6) is 0 Å². The molecule has 1 aromatic carbocycles. The third-order valence-corrected chi connectivity index (χ3v) is 5.08. The van der Waals surface area contributed by atoms with Crippen LogP contribution in [0, 0.1) is 19.8 Å². The van der Waals surface area contributed by atoms with Crippen molar-refractivity contribution in [3.05, 3.63) is 29.3 Å². The first-order valence-corrected chi connectivity index (χ1v) is 8.58. The maximum absolute atomic E-state index is 12.0. The highest BCUT2D eigenvalue weighted by Crippen LogP contribution is 2.24. The second-order valence-corrected chi connectivity index (χ2v) is 6.83. The van der Waals surface area contributed by atoms with E-state index in [1.807, 2.05) is 6.07 Å². The number of aryl methyl sites for hydroxylation is 2. The van der Waals surface area contributed by atoms with Gasteiger partial charge in [-0.25, -0.2) is 0 Å². The van der Waals surface area contributed by atoms with E-state index >= 15 is 0 Å². The van der Waals surface area contributed by atoms with Crippen molar-refractivity contribution in [2.45, 2.75) is 50.8 Å². The van der Waals surface area contributed by atoms with Crippen LogP contribution in [-0.4, -0.2) is 17.6 Å². The Morgan fingerprint density at radius 2 is 1.86 bits per heavy atom. The van der Waals surface area contributed by atoms with E-state index < -0.39 is 0 Å². The van der Waals surface area contributed by atoms with Crippen LogP contribution in [0.3, 0.4) is 0 Å². The van der Waals surface area contributed by atoms with Gasteiger partial charge in [0.25, 0.3) is 0 Å². The number of thioether (sulfide) groups is 1. The number of rotatable bonds is 4. The van der Waals surface area contributed by atoms with Crippen LogP contribution in [0.15, 0.2) is 23.1 Å². The number of hydrogen-bond donors (Lipinski definition) is 1. The minimum Gasteiger partial charge on any atom is -0.295 e. The predicted molar refractivity (Wildman–Crippen MR) is 86.4 cm³/mol. The fourth-order valence-corrected chi connectivity index (χ4v) is 3.39. The van der Waals surface area contributed by atoms with E-state index in [2.05, 4.69) is 31.3 Å². The highest BCUT2D eigenvalue weighted by atomic mass is 32.2. The monoisotopic (exact) mass is 305 g/mol. The van der Waals surface area contributed by atoms with Crippen molar-refractivity contribution in [3.8, 4) is 0 Å². The molecule has 0 heterocycles. The molecule has 1 aliphatic carbocycles. The summed E-state index contributed by atoms with van der Waals surface area (Å²) in [6.45, 7) is 4.13. The van der Waals surface area contributed by atoms with Crippen LogP contribution in [0.2, 0.25) is 0 Å². The lowest BCUT2D eigenvalue weighted by atomic mass is 9.89. The summed E-state index contributed by atoms with van der Waals surface area (Å²) >= 11 is 1.48. The molecule has 0 atom stereocenters. The number of amides is 2. The Hall–Kier alpha value is -1.29. The maximum Gasteiger partial charge on any atom is 0.236 e. The Kier molecular flexibility index (Phi) is 5.85. The van der Waals surface area contributed by atoms with E-state index in [4.69, 9.17) is 0 Å². The Morgan fingerprint density at radius 1 is 1.14 bits per heavy atom. The summed E-state index contributed by atoms with van der Waals surface area (Å²) in [6, 6.07) is 6.15. The summed E-state index contributed by atoms with van der Waals surface area (Å²) < 4.78 is 0. The van der Waals surface area contributed by atoms with Crippen LogP contribution in [0.4, 0.5) is 0 Å². The Morgan fingerprint density at radius 3 is 2.52 bits per heavy atom. The number of carbonyl (C=O) groups is 2. The topological polar surface area (TPSA) is 46.2 Å². The van der Waals surface area contributed by atoms with Gasteiger partial charge in [-0.2, -0.15) is 0 Å². The third kappa shape index (κ3) is 4.88. The van der Waals surface area contributed by atoms with Gasteiger partial charge in [-0.15, -0.1) is 11.8 Å². The van der Waals surface area contributed by atoms with Gasteiger partial charge in [-0.3, -0.25) is 14.9 Å². The molecule has 0 aliphatic heterocycles. The van der Waals surface area contributed by atoms with Gasteiger partial charge in [0.05, 0.1) is 5.75 Å². The zero-order chi connectivity index (χ0) is 15.2. The molecule has 114 valence electrons. The van der Waals surface area contributed by atoms with Crippen molar-refractivity contribution in [2.24, 2.45) is 5.92 Å². The largest absolute Gasteiger partial charge is 0.295 e. The van der Waals surface area contributed by atoms with E-state index in [0.29, 0.717) is 5.75 Å². The quantitative estimate of drug-likeness (QED) is 0.864. The number of imide groups is 1. The molecule has 2 rings (SSSR count). The summed E-state index contributed by atoms with van der Waals surface area (Å²) in [5.41, 5.74) is 2.47. The molecule has 0 unspecified atom stereocenters. The zero-order valence-electron chi connectivity index (χ0n) is 12.8. The normalized spacial score (nSPS) is 15.7. The first kappa shape index (κ1) is 16.1. The van der Waals surface area contributed by atoms with E-state index in [1.54, 1.807) is 0 Å². The lowest BCUT2D eigenvalue weighted by Gasteiger charge is -2.20. The van der Waals surface area contributed by atoms with Gasteiger partial charge in [0, 0.05) is 10.8 Å². The summed E-state index contributed by atoms with van der Waals surface area (Å²) in [7, 11) is 0. The van der Waals surface area contributed by atoms with Crippen molar-refractivity contribution in [1.29, 1.82) is 0 Å². The van der Waals surface area contributed by atoms with Crippen molar-refractivity contribution >= 4 is 23.6 Å². The van der Waals surface area contributed by atoms with Crippen LogP contribution in [0.1, 0.15) is 43.2 Å². The maximum atomic E-state index is 12.0. The van der Waals surface area contributed by atoms with Gasteiger partial charge in [-0.05, 0) is 49.9 Å². The fraction of sp³-hybridized carbons (Fsp3) is 0.529. The van der Waals surface area contributed by atoms with Crippen LogP contribution < -0.4 is 5.32 Å². The molecule has 21 heavy (non-hydrogen) atoms. The van der Waals surface area contributed by atoms with Crippen molar-refractivity contribution in [3.63, 3.8) is 0 Å². The number of hydrogen-bond acceptors (Lipinski definition) is 3. The van der Waals surface area contributed by atoms with Crippen molar-refractivity contribution < 1.29 is 9.59 Å². The van der Waals surface area contributed by atoms with Crippen LogP contribution in [0.25, 0.3) is 0 Å². The average molecular weight is 305 g/mol. The summed E-state index contributed by atoms with van der Waals surface area (Å²) in [6.07, 6.45) is 5.25. The minimum absolute atomic E-state index is 0.0364. The number of carbonyl (C=O) groups excluding carboxylic acids is 2. The van der Waals surface area contributed by atoms with Gasteiger partial charge < -0.3 is 0 Å². The van der Waals surface area contributed by atoms with E-state index in [9.17, 15) is 9.59 Å². The van der Waals surface area contributed by atoms with E-state index in [-0.39, 0.29) is 17.7 Å². The molecule has 0 saturated heterocycles. The van der Waals surface area contributed by atoms with Gasteiger partial charge >= 0.3 is 0 Å². The Balaban J connectivity index is 1.78. The fourth-order valence-electron chi connectivity index (χ4n) is 2.59. The minimum atomic E-state index is -0.186. The third-order valence-electron chi connectivity index (χ3n) is 4.09. The lowest BCUT2D eigenvalue weighted by Crippen LogP contribution is -2.37. The standard InChI is InChI=1S/C17H23NO2S/c1-12-8-9-15(10-13(12)2)21-11-16(19)18-17(20)14-6-4-3-5-7-14/h8-10,14H,3-7,11H2,1-2H3,(H,18,19,20). The molecule has 0 radical (unpaired) electrons. The lowest BCUT2D eigenvalue weighted by molar-refractivity contribution is -0.132. The Labute approximate surface area is 130 Å². The van der Waals surface area contributed by atoms with Crippen molar-refractivity contribution in [1.82, 2.24) is 5.32 Å². The van der Waals surface area contributed by atoms with Gasteiger partial charge in [0.1, 0.15) is 0 Å². The van der Waals surface area contributed by atoms with Crippen molar-refractivity contribution in [2.75, 3.05) is 5.75 Å². The molecule has 3 nitrogen and oxygen atoms in total. The molecule has 0 aromatic heterocycles. The van der Waals surface area contributed by atoms with Gasteiger partial charge in [0.2, 0.25) is 11.8 Å². The predicted octanol–water partition coefficient (Wildman–Crippen LogP) is 3.62. The molecule has 0 spiro atoms. The molecule has 1 fully saturated rings. The highest BCUT2D eigenvalue weighted by Gasteiger charge is 2.22. The second kappa shape index (κ2) is 7.64. The van der Waals surface area contributed by atoms with Crippen LogP contribution >= 0.6 is 11.8 Å². The molecule has 4 heteroatoms. The Bertz CT molecular complexity index is 522. The van der Waals surface area contributed by atoms with Gasteiger partial charge in [0.15, 0.2) is 0 Å².